The molecule has 3 rings (SSSR count). The van der Waals surface area contributed by atoms with Crippen LogP contribution in [0, 0.1) is 0 Å². The summed E-state index contributed by atoms with van der Waals surface area (Å²) >= 11 is 3.36. The molecule has 0 spiro atoms. The van der Waals surface area contributed by atoms with Crippen molar-refractivity contribution in [3.05, 3.63) is 64.8 Å². The summed E-state index contributed by atoms with van der Waals surface area (Å²) in [5, 5.41) is 9.79. The van der Waals surface area contributed by atoms with Crippen molar-refractivity contribution in [3.8, 4) is 17.4 Å². The Labute approximate surface area is 129 Å². The van der Waals surface area contributed by atoms with Crippen molar-refractivity contribution in [3.63, 3.8) is 0 Å². The number of aromatic nitrogens is 1. The molecule has 0 aliphatic heterocycles. The zero-order valence-corrected chi connectivity index (χ0v) is 12.5. The Morgan fingerprint density at radius 1 is 1.05 bits per heavy atom. The molecule has 5 heteroatoms. The van der Waals surface area contributed by atoms with Gasteiger partial charge in [-0.15, -0.1) is 0 Å². The fraction of sp³-hybridized carbons (Fsp3) is 0. The molecule has 0 bridgehead atoms. The number of aliphatic imine (C=N–C) groups is 1. The van der Waals surface area contributed by atoms with E-state index in [1.807, 2.05) is 54.6 Å². The Morgan fingerprint density at radius 3 is 2.48 bits per heavy atom. The molecule has 0 amide bonds. The number of rotatable bonds is 3. The fourth-order valence-electron chi connectivity index (χ4n) is 1.78. The van der Waals surface area contributed by atoms with Crippen LogP contribution in [0.2, 0.25) is 0 Å². The van der Waals surface area contributed by atoms with Crippen molar-refractivity contribution in [1.82, 2.24) is 4.98 Å². The van der Waals surface area contributed by atoms with E-state index in [4.69, 9.17) is 4.42 Å². The van der Waals surface area contributed by atoms with Crippen LogP contribution in [0.4, 0.5) is 5.69 Å². The van der Waals surface area contributed by atoms with Crippen LogP contribution in [0.1, 0.15) is 5.69 Å². The highest BCUT2D eigenvalue weighted by Gasteiger charge is 2.11. The minimum Gasteiger partial charge on any atom is -0.479 e. The molecule has 2 aromatic carbocycles. The molecule has 0 aliphatic carbocycles. The van der Waals surface area contributed by atoms with Crippen LogP contribution in [0.5, 0.6) is 5.95 Å². The van der Waals surface area contributed by atoms with E-state index in [0.717, 1.165) is 15.7 Å². The SMILES string of the molecule is Oc1oc(-c2ccccc2)nc1C=Nc1ccc(Br)cc1. The largest absolute Gasteiger partial charge is 0.479 e. The van der Waals surface area contributed by atoms with Crippen LogP contribution >= 0.6 is 15.9 Å². The summed E-state index contributed by atoms with van der Waals surface area (Å²) in [4.78, 5) is 8.49. The number of aromatic hydroxyl groups is 1. The van der Waals surface area contributed by atoms with E-state index >= 15 is 0 Å². The van der Waals surface area contributed by atoms with Crippen molar-refractivity contribution in [2.45, 2.75) is 0 Å². The second kappa shape index (κ2) is 5.93. The second-order valence-electron chi connectivity index (χ2n) is 4.31. The van der Waals surface area contributed by atoms with Crippen LogP contribution in [-0.4, -0.2) is 16.3 Å². The molecule has 21 heavy (non-hydrogen) atoms. The monoisotopic (exact) mass is 342 g/mol. The first-order chi connectivity index (χ1) is 10.2. The van der Waals surface area contributed by atoms with Gasteiger partial charge in [-0.2, -0.15) is 0 Å². The number of oxazole rings is 1. The Kier molecular flexibility index (Phi) is 3.83. The quantitative estimate of drug-likeness (QED) is 0.709. The third kappa shape index (κ3) is 3.20. The zero-order chi connectivity index (χ0) is 14.7. The van der Waals surface area contributed by atoms with Crippen LogP contribution in [0.3, 0.4) is 0 Å². The van der Waals surface area contributed by atoms with Crippen molar-refractivity contribution in [2.24, 2.45) is 4.99 Å². The van der Waals surface area contributed by atoms with E-state index in [0.29, 0.717) is 11.6 Å². The number of halogens is 1. The molecule has 0 aliphatic rings. The summed E-state index contributed by atoms with van der Waals surface area (Å²) in [5.41, 5.74) is 1.87. The minimum absolute atomic E-state index is 0.241. The molecule has 0 radical (unpaired) electrons. The number of nitrogens with zero attached hydrogens (tertiary/aromatic N) is 2. The second-order valence-corrected chi connectivity index (χ2v) is 5.23. The van der Waals surface area contributed by atoms with E-state index in [-0.39, 0.29) is 5.95 Å². The van der Waals surface area contributed by atoms with Gasteiger partial charge >= 0.3 is 5.95 Å². The number of hydrogen-bond donors (Lipinski definition) is 1. The molecule has 104 valence electrons. The van der Waals surface area contributed by atoms with Crippen LogP contribution < -0.4 is 0 Å². The summed E-state index contributed by atoms with van der Waals surface area (Å²) in [6.07, 6.45) is 1.48. The highest BCUT2D eigenvalue weighted by Crippen LogP contribution is 2.25. The Balaban J connectivity index is 1.86. The van der Waals surface area contributed by atoms with Gasteiger partial charge in [-0.1, -0.05) is 34.1 Å². The van der Waals surface area contributed by atoms with Crippen molar-refractivity contribution in [1.29, 1.82) is 0 Å². The maximum absolute atomic E-state index is 9.79. The van der Waals surface area contributed by atoms with Gasteiger partial charge in [0, 0.05) is 10.0 Å². The molecule has 0 saturated heterocycles. The van der Waals surface area contributed by atoms with E-state index in [9.17, 15) is 5.11 Å². The summed E-state index contributed by atoms with van der Waals surface area (Å²) < 4.78 is 6.24. The first-order valence-electron chi connectivity index (χ1n) is 6.27. The predicted molar refractivity (Wildman–Crippen MR) is 85.0 cm³/mol. The topological polar surface area (TPSA) is 58.6 Å². The van der Waals surface area contributed by atoms with Gasteiger partial charge in [0.05, 0.1) is 11.9 Å². The summed E-state index contributed by atoms with van der Waals surface area (Å²) in [6, 6.07) is 16.9. The molecule has 0 unspecified atom stereocenters. The van der Waals surface area contributed by atoms with Gasteiger partial charge in [-0.3, -0.25) is 4.99 Å². The third-order valence-electron chi connectivity index (χ3n) is 2.82. The first-order valence-corrected chi connectivity index (χ1v) is 7.06. The maximum Gasteiger partial charge on any atom is 0.312 e. The fourth-order valence-corrected chi connectivity index (χ4v) is 2.04. The Bertz CT molecular complexity index is 765. The number of hydrogen-bond acceptors (Lipinski definition) is 4. The zero-order valence-electron chi connectivity index (χ0n) is 10.9. The van der Waals surface area contributed by atoms with Gasteiger partial charge in [0.1, 0.15) is 0 Å². The van der Waals surface area contributed by atoms with Gasteiger partial charge < -0.3 is 9.52 Å². The van der Waals surface area contributed by atoms with E-state index in [1.54, 1.807) is 0 Å². The average Bonchev–Trinajstić information content (AvgIpc) is 2.89. The lowest BCUT2D eigenvalue weighted by Gasteiger charge is -1.92. The van der Waals surface area contributed by atoms with Crippen molar-refractivity contribution < 1.29 is 9.52 Å². The standard InChI is InChI=1S/C16H11BrN2O2/c17-12-6-8-13(9-7-12)18-10-14-16(20)21-15(19-14)11-4-2-1-3-5-11/h1-10,20H. The third-order valence-corrected chi connectivity index (χ3v) is 3.35. The minimum atomic E-state index is -0.241. The molecule has 0 fully saturated rings. The van der Waals surface area contributed by atoms with Crippen LogP contribution in [-0.2, 0) is 0 Å². The molecule has 0 atom stereocenters. The van der Waals surface area contributed by atoms with Crippen LogP contribution in [0.15, 0.2) is 68.5 Å². The molecule has 0 saturated carbocycles. The van der Waals surface area contributed by atoms with Gasteiger partial charge in [-0.05, 0) is 36.4 Å². The van der Waals surface area contributed by atoms with Gasteiger partial charge in [-0.25, -0.2) is 4.98 Å². The Morgan fingerprint density at radius 2 is 1.76 bits per heavy atom. The summed E-state index contributed by atoms with van der Waals surface area (Å²) in [6.45, 7) is 0. The molecular formula is C16H11BrN2O2. The van der Waals surface area contributed by atoms with Crippen molar-refractivity contribution >= 4 is 27.8 Å². The molecular weight excluding hydrogens is 332 g/mol. The normalized spacial score (nSPS) is 11.1. The summed E-state index contributed by atoms with van der Waals surface area (Å²) in [7, 11) is 0. The van der Waals surface area contributed by atoms with Gasteiger partial charge in [0.2, 0.25) is 5.89 Å². The Hall–Kier alpha value is -2.40. The molecule has 4 nitrogen and oxygen atoms in total. The predicted octanol–water partition coefficient (Wildman–Crippen LogP) is 4.56. The lowest BCUT2D eigenvalue weighted by Crippen LogP contribution is -1.82. The highest BCUT2D eigenvalue weighted by molar-refractivity contribution is 9.10. The van der Waals surface area contributed by atoms with E-state index in [1.165, 1.54) is 6.21 Å². The molecule has 1 N–H and O–H groups in total. The maximum atomic E-state index is 9.79. The first kappa shape index (κ1) is 13.6. The van der Waals surface area contributed by atoms with E-state index < -0.39 is 0 Å². The highest BCUT2D eigenvalue weighted by atomic mass is 79.9. The molecule has 1 heterocycles. The van der Waals surface area contributed by atoms with Gasteiger partial charge in [0.25, 0.3) is 0 Å². The van der Waals surface area contributed by atoms with Crippen LogP contribution in [0.25, 0.3) is 11.5 Å². The lowest BCUT2D eigenvalue weighted by atomic mass is 10.2. The number of benzene rings is 2. The van der Waals surface area contributed by atoms with Gasteiger partial charge in [0.15, 0.2) is 5.69 Å². The molecule has 1 aromatic heterocycles. The van der Waals surface area contributed by atoms with Crippen molar-refractivity contribution in [2.75, 3.05) is 0 Å². The smallest absolute Gasteiger partial charge is 0.312 e. The van der Waals surface area contributed by atoms with E-state index in [2.05, 4.69) is 25.9 Å². The molecule has 3 aromatic rings. The summed E-state index contributed by atoms with van der Waals surface area (Å²) in [5.74, 6) is 0.125. The average molecular weight is 343 g/mol. The lowest BCUT2D eigenvalue weighted by molar-refractivity contribution is 0.337.